The standard InChI is InChI=1S/C25H44O3/c1-3-4-5-6-7-11-16-23(24-18-13-10-14-19-24)17-12-8-9-15-20-28-22-25(21-26)27-2/h10,13-14,18-19,23,25-26H,3-9,11-12,15-17,20-22H2,1-2H3. The highest BCUT2D eigenvalue weighted by Gasteiger charge is 2.11. The molecule has 0 saturated carbocycles. The third kappa shape index (κ3) is 12.5. The minimum absolute atomic E-state index is 0.0238. The summed E-state index contributed by atoms with van der Waals surface area (Å²) in [6, 6.07) is 11.1. The van der Waals surface area contributed by atoms with E-state index in [1.165, 1.54) is 76.2 Å². The molecule has 1 aromatic carbocycles. The first kappa shape index (κ1) is 25.1. The predicted octanol–water partition coefficient (Wildman–Crippen LogP) is 6.50. The molecule has 1 aromatic rings. The van der Waals surface area contributed by atoms with Crippen LogP contribution in [0.25, 0.3) is 0 Å². The zero-order valence-electron chi connectivity index (χ0n) is 18.4. The first-order valence-corrected chi connectivity index (χ1v) is 11.6. The van der Waals surface area contributed by atoms with Gasteiger partial charge in [-0.2, -0.15) is 0 Å². The van der Waals surface area contributed by atoms with Crippen molar-refractivity contribution in [1.82, 2.24) is 0 Å². The fraction of sp³-hybridized carbons (Fsp3) is 0.760. The Morgan fingerprint density at radius 1 is 0.821 bits per heavy atom. The lowest BCUT2D eigenvalue weighted by Crippen LogP contribution is -2.22. The van der Waals surface area contributed by atoms with Crippen LogP contribution < -0.4 is 0 Å². The first-order chi connectivity index (χ1) is 13.8. The Balaban J connectivity index is 2.17. The van der Waals surface area contributed by atoms with Crippen molar-refractivity contribution < 1.29 is 14.6 Å². The van der Waals surface area contributed by atoms with Gasteiger partial charge in [0.2, 0.25) is 0 Å². The van der Waals surface area contributed by atoms with E-state index in [1.807, 2.05) is 0 Å². The van der Waals surface area contributed by atoms with Gasteiger partial charge in [0.25, 0.3) is 0 Å². The second-order valence-corrected chi connectivity index (χ2v) is 7.98. The lowest BCUT2D eigenvalue weighted by Gasteiger charge is -2.17. The molecule has 0 aliphatic rings. The summed E-state index contributed by atoms with van der Waals surface area (Å²) in [4.78, 5) is 0. The summed E-state index contributed by atoms with van der Waals surface area (Å²) < 4.78 is 10.7. The van der Waals surface area contributed by atoms with Crippen LogP contribution in [0, 0.1) is 0 Å². The molecule has 0 heterocycles. The van der Waals surface area contributed by atoms with Crippen molar-refractivity contribution in [3.63, 3.8) is 0 Å². The summed E-state index contributed by atoms with van der Waals surface area (Å²) in [5.74, 6) is 0.718. The number of methoxy groups -OCH3 is 1. The molecule has 0 fully saturated rings. The molecule has 162 valence electrons. The van der Waals surface area contributed by atoms with Crippen LogP contribution in [0.2, 0.25) is 0 Å². The van der Waals surface area contributed by atoms with Gasteiger partial charge in [0.1, 0.15) is 6.10 Å². The van der Waals surface area contributed by atoms with E-state index < -0.39 is 0 Å². The molecule has 0 amide bonds. The highest BCUT2D eigenvalue weighted by atomic mass is 16.5. The Morgan fingerprint density at radius 2 is 1.43 bits per heavy atom. The molecular formula is C25H44O3. The zero-order chi connectivity index (χ0) is 20.3. The molecule has 2 unspecified atom stereocenters. The second kappa shape index (κ2) is 18.1. The van der Waals surface area contributed by atoms with E-state index in [9.17, 15) is 0 Å². The summed E-state index contributed by atoms with van der Waals surface area (Å²) in [6.07, 6.45) is 15.6. The maximum atomic E-state index is 9.06. The van der Waals surface area contributed by atoms with Crippen molar-refractivity contribution in [3.8, 4) is 0 Å². The van der Waals surface area contributed by atoms with Gasteiger partial charge in [-0.05, 0) is 30.7 Å². The van der Waals surface area contributed by atoms with Gasteiger partial charge in [0.05, 0.1) is 13.2 Å². The normalized spacial score (nSPS) is 13.5. The van der Waals surface area contributed by atoms with Crippen molar-refractivity contribution >= 4 is 0 Å². The number of aliphatic hydroxyl groups is 1. The number of unbranched alkanes of at least 4 members (excludes halogenated alkanes) is 8. The van der Waals surface area contributed by atoms with Gasteiger partial charge in [-0.15, -0.1) is 0 Å². The second-order valence-electron chi connectivity index (χ2n) is 7.98. The van der Waals surface area contributed by atoms with E-state index in [0.29, 0.717) is 6.61 Å². The molecule has 0 aliphatic heterocycles. The van der Waals surface area contributed by atoms with E-state index in [4.69, 9.17) is 14.6 Å². The molecule has 1 rings (SSSR count). The fourth-order valence-corrected chi connectivity index (χ4v) is 3.73. The number of hydrogen-bond acceptors (Lipinski definition) is 3. The minimum Gasteiger partial charge on any atom is -0.394 e. The summed E-state index contributed by atoms with van der Waals surface area (Å²) >= 11 is 0. The molecule has 1 N–H and O–H groups in total. The molecule has 3 nitrogen and oxygen atoms in total. The molecule has 0 bridgehead atoms. The zero-order valence-corrected chi connectivity index (χ0v) is 18.4. The summed E-state index contributed by atoms with van der Waals surface area (Å²) in [5, 5.41) is 9.06. The number of rotatable bonds is 19. The summed E-state index contributed by atoms with van der Waals surface area (Å²) in [5.41, 5.74) is 1.52. The molecule has 0 spiro atoms. The Morgan fingerprint density at radius 3 is 2.04 bits per heavy atom. The summed E-state index contributed by atoms with van der Waals surface area (Å²) in [6.45, 7) is 3.56. The average molecular weight is 393 g/mol. The third-order valence-electron chi connectivity index (χ3n) is 5.61. The molecular weight excluding hydrogens is 348 g/mol. The Hall–Kier alpha value is -0.900. The van der Waals surface area contributed by atoms with E-state index in [0.717, 1.165) is 18.9 Å². The monoisotopic (exact) mass is 392 g/mol. The van der Waals surface area contributed by atoms with Crippen molar-refractivity contribution in [2.45, 2.75) is 96.0 Å². The van der Waals surface area contributed by atoms with Crippen molar-refractivity contribution in [3.05, 3.63) is 35.9 Å². The van der Waals surface area contributed by atoms with Crippen LogP contribution in [0.4, 0.5) is 0 Å². The highest BCUT2D eigenvalue weighted by Crippen LogP contribution is 2.28. The molecule has 2 atom stereocenters. The quantitative estimate of drug-likeness (QED) is 0.273. The van der Waals surface area contributed by atoms with Crippen molar-refractivity contribution in [2.24, 2.45) is 0 Å². The maximum Gasteiger partial charge on any atom is 0.103 e. The van der Waals surface area contributed by atoms with Crippen LogP contribution in [0.3, 0.4) is 0 Å². The van der Waals surface area contributed by atoms with Crippen LogP contribution in [-0.2, 0) is 9.47 Å². The SMILES string of the molecule is CCCCCCCCC(CCCCCCOCC(CO)OC)c1ccccc1. The topological polar surface area (TPSA) is 38.7 Å². The maximum absolute atomic E-state index is 9.06. The highest BCUT2D eigenvalue weighted by molar-refractivity contribution is 5.19. The third-order valence-corrected chi connectivity index (χ3v) is 5.61. The average Bonchev–Trinajstić information content (AvgIpc) is 2.74. The van der Waals surface area contributed by atoms with E-state index in [2.05, 4.69) is 37.3 Å². The molecule has 28 heavy (non-hydrogen) atoms. The molecule has 0 saturated heterocycles. The smallest absolute Gasteiger partial charge is 0.103 e. The van der Waals surface area contributed by atoms with Crippen LogP contribution in [0.15, 0.2) is 30.3 Å². The number of aliphatic hydroxyl groups excluding tert-OH is 1. The van der Waals surface area contributed by atoms with E-state index in [1.54, 1.807) is 7.11 Å². The van der Waals surface area contributed by atoms with E-state index in [-0.39, 0.29) is 12.7 Å². The van der Waals surface area contributed by atoms with Gasteiger partial charge in [-0.25, -0.2) is 0 Å². The van der Waals surface area contributed by atoms with Crippen LogP contribution >= 0.6 is 0 Å². The largest absolute Gasteiger partial charge is 0.394 e. The van der Waals surface area contributed by atoms with Gasteiger partial charge in [-0.1, -0.05) is 95.0 Å². The van der Waals surface area contributed by atoms with Gasteiger partial charge >= 0.3 is 0 Å². The van der Waals surface area contributed by atoms with Crippen LogP contribution in [-0.4, -0.2) is 38.1 Å². The van der Waals surface area contributed by atoms with Crippen molar-refractivity contribution in [2.75, 3.05) is 26.9 Å². The molecule has 0 aromatic heterocycles. The Kier molecular flexibility index (Phi) is 16.3. The fourth-order valence-electron chi connectivity index (χ4n) is 3.73. The Bertz CT molecular complexity index is 431. The van der Waals surface area contributed by atoms with E-state index >= 15 is 0 Å². The molecule has 3 heteroatoms. The predicted molar refractivity (Wildman–Crippen MR) is 119 cm³/mol. The van der Waals surface area contributed by atoms with Gasteiger partial charge in [0, 0.05) is 13.7 Å². The number of benzene rings is 1. The number of hydrogen-bond donors (Lipinski definition) is 1. The van der Waals surface area contributed by atoms with Crippen LogP contribution in [0.5, 0.6) is 0 Å². The van der Waals surface area contributed by atoms with Crippen molar-refractivity contribution in [1.29, 1.82) is 0 Å². The van der Waals surface area contributed by atoms with Gasteiger partial charge in [0.15, 0.2) is 0 Å². The van der Waals surface area contributed by atoms with Crippen LogP contribution in [0.1, 0.15) is 95.5 Å². The Labute approximate surface area is 173 Å². The minimum atomic E-state index is -0.186. The summed E-state index contributed by atoms with van der Waals surface area (Å²) in [7, 11) is 1.61. The first-order valence-electron chi connectivity index (χ1n) is 11.6. The van der Waals surface area contributed by atoms with Gasteiger partial charge < -0.3 is 14.6 Å². The number of ether oxygens (including phenoxy) is 2. The molecule has 0 radical (unpaired) electrons. The lowest BCUT2D eigenvalue weighted by atomic mass is 9.88. The molecule has 0 aliphatic carbocycles. The lowest BCUT2D eigenvalue weighted by molar-refractivity contribution is -0.0205. The van der Waals surface area contributed by atoms with Gasteiger partial charge in [-0.3, -0.25) is 0 Å².